The fourth-order valence-electron chi connectivity index (χ4n) is 4.09. The number of hydrogen-bond acceptors (Lipinski definition) is 6. The van der Waals surface area contributed by atoms with Crippen LogP contribution in [0.15, 0.2) is 53.1 Å². The van der Waals surface area contributed by atoms with Crippen molar-refractivity contribution in [2.24, 2.45) is 0 Å². The molecule has 1 fully saturated rings. The maximum atomic E-state index is 13.1. The number of amides is 1. The molecule has 1 saturated heterocycles. The molecule has 32 heavy (non-hydrogen) atoms. The van der Waals surface area contributed by atoms with Gasteiger partial charge in [0.2, 0.25) is 5.91 Å². The van der Waals surface area contributed by atoms with Crippen LogP contribution >= 0.6 is 11.8 Å². The van der Waals surface area contributed by atoms with Gasteiger partial charge in [0, 0.05) is 38.4 Å². The summed E-state index contributed by atoms with van der Waals surface area (Å²) >= 11 is 1.41. The Morgan fingerprint density at radius 3 is 2.47 bits per heavy atom. The van der Waals surface area contributed by atoms with Crippen LogP contribution in [0.2, 0.25) is 0 Å². The third kappa shape index (κ3) is 6.45. The van der Waals surface area contributed by atoms with E-state index in [2.05, 4.69) is 31.4 Å². The summed E-state index contributed by atoms with van der Waals surface area (Å²) in [6.45, 7) is 4.07. The van der Waals surface area contributed by atoms with Crippen LogP contribution in [0, 0.1) is 5.82 Å². The number of aromatic nitrogens is 2. The number of nitrogens with one attached hydrogen (secondary N) is 1. The van der Waals surface area contributed by atoms with Crippen LogP contribution in [-0.4, -0.2) is 54.6 Å². The van der Waals surface area contributed by atoms with E-state index in [4.69, 9.17) is 0 Å². The molecule has 2 heterocycles. The van der Waals surface area contributed by atoms with E-state index in [0.717, 1.165) is 49.1 Å². The fourth-order valence-corrected chi connectivity index (χ4v) is 4.73. The molecule has 0 unspecified atom stereocenters. The van der Waals surface area contributed by atoms with Crippen molar-refractivity contribution in [3.05, 3.63) is 53.9 Å². The molecule has 0 spiro atoms. The molecule has 1 aliphatic carbocycles. The van der Waals surface area contributed by atoms with Crippen molar-refractivity contribution in [1.29, 1.82) is 0 Å². The number of carbonyl (C=O) groups is 1. The van der Waals surface area contributed by atoms with E-state index in [1.807, 2.05) is 24.3 Å². The highest BCUT2D eigenvalue weighted by Gasteiger charge is 2.19. The Morgan fingerprint density at radius 1 is 1.00 bits per heavy atom. The average molecular weight is 456 g/mol. The number of benzene rings is 1. The van der Waals surface area contributed by atoms with Crippen molar-refractivity contribution in [3.63, 3.8) is 0 Å². The Balaban J connectivity index is 1.17. The highest BCUT2D eigenvalue weighted by atomic mass is 32.2. The number of carbonyl (C=O) groups excluding carboxylic acids is 1. The van der Waals surface area contributed by atoms with Crippen LogP contribution in [0.4, 0.5) is 15.9 Å². The molecule has 1 aromatic carbocycles. The summed E-state index contributed by atoms with van der Waals surface area (Å²) < 4.78 is 13.1. The molecule has 0 bridgehead atoms. The number of anilines is 2. The van der Waals surface area contributed by atoms with Gasteiger partial charge < -0.3 is 15.1 Å². The minimum Gasteiger partial charge on any atom is -0.368 e. The maximum Gasteiger partial charge on any atom is 0.230 e. The average Bonchev–Trinajstić information content (AvgIpc) is 2.84. The number of allylic oxidation sites excluding steroid dienone is 1. The molecular formula is C24H30FN5OS. The van der Waals surface area contributed by atoms with Gasteiger partial charge in [0.25, 0.3) is 0 Å². The first-order chi connectivity index (χ1) is 15.7. The summed E-state index contributed by atoms with van der Waals surface area (Å²) in [5.41, 5.74) is 2.52. The van der Waals surface area contributed by atoms with Crippen molar-refractivity contribution in [3.8, 4) is 0 Å². The Kier molecular flexibility index (Phi) is 7.98. The van der Waals surface area contributed by atoms with E-state index in [0.29, 0.717) is 12.3 Å². The third-order valence-corrected chi connectivity index (χ3v) is 6.85. The molecule has 170 valence electrons. The Labute approximate surface area is 193 Å². The lowest BCUT2D eigenvalue weighted by Gasteiger charge is -2.36. The van der Waals surface area contributed by atoms with Crippen molar-refractivity contribution in [2.75, 3.05) is 48.3 Å². The van der Waals surface area contributed by atoms with E-state index >= 15 is 0 Å². The first-order valence-electron chi connectivity index (χ1n) is 11.3. The van der Waals surface area contributed by atoms with Crippen LogP contribution in [0.1, 0.15) is 32.1 Å². The maximum absolute atomic E-state index is 13.1. The van der Waals surface area contributed by atoms with Gasteiger partial charge in [-0.1, -0.05) is 23.4 Å². The zero-order valence-corrected chi connectivity index (χ0v) is 19.1. The summed E-state index contributed by atoms with van der Waals surface area (Å²) in [5, 5.41) is 12.4. The minimum absolute atomic E-state index is 0.0363. The predicted molar refractivity (Wildman–Crippen MR) is 128 cm³/mol. The second-order valence-electron chi connectivity index (χ2n) is 8.18. The predicted octanol–water partition coefficient (Wildman–Crippen LogP) is 4.04. The number of piperazine rings is 1. The lowest BCUT2D eigenvalue weighted by Crippen LogP contribution is -2.46. The van der Waals surface area contributed by atoms with Crippen molar-refractivity contribution in [1.82, 2.24) is 15.5 Å². The van der Waals surface area contributed by atoms with Crippen molar-refractivity contribution < 1.29 is 9.18 Å². The summed E-state index contributed by atoms with van der Waals surface area (Å²) in [6, 6.07) is 10.5. The number of nitrogens with zero attached hydrogens (tertiary/aromatic N) is 4. The zero-order valence-electron chi connectivity index (χ0n) is 18.3. The van der Waals surface area contributed by atoms with Crippen LogP contribution < -0.4 is 15.1 Å². The quantitative estimate of drug-likeness (QED) is 0.479. The molecule has 0 atom stereocenters. The third-order valence-electron chi connectivity index (χ3n) is 5.93. The van der Waals surface area contributed by atoms with E-state index in [-0.39, 0.29) is 11.7 Å². The lowest BCUT2D eigenvalue weighted by atomic mass is 9.97. The van der Waals surface area contributed by atoms with Gasteiger partial charge in [0.05, 0.1) is 5.75 Å². The SMILES string of the molecule is O=C(CSc1ccc(N2CCN(c3ccc(F)cc3)CC2)nn1)NCCC1=CCCCC1. The molecular weight excluding hydrogens is 425 g/mol. The summed E-state index contributed by atoms with van der Waals surface area (Å²) in [4.78, 5) is 16.6. The van der Waals surface area contributed by atoms with E-state index < -0.39 is 0 Å². The van der Waals surface area contributed by atoms with Gasteiger partial charge in [-0.05, 0) is 68.5 Å². The normalized spacial score (nSPS) is 16.6. The Hall–Kier alpha value is -2.61. The van der Waals surface area contributed by atoms with Gasteiger partial charge in [-0.3, -0.25) is 4.79 Å². The highest BCUT2D eigenvalue weighted by Crippen LogP contribution is 2.22. The topological polar surface area (TPSA) is 61.4 Å². The van der Waals surface area contributed by atoms with Crippen LogP contribution in [-0.2, 0) is 4.79 Å². The van der Waals surface area contributed by atoms with Gasteiger partial charge in [-0.15, -0.1) is 10.2 Å². The van der Waals surface area contributed by atoms with Crippen molar-refractivity contribution in [2.45, 2.75) is 37.1 Å². The second-order valence-corrected chi connectivity index (χ2v) is 9.17. The first-order valence-corrected chi connectivity index (χ1v) is 12.3. The molecule has 1 amide bonds. The first kappa shape index (κ1) is 22.6. The van der Waals surface area contributed by atoms with Gasteiger partial charge in [0.1, 0.15) is 10.8 Å². The van der Waals surface area contributed by atoms with Gasteiger partial charge >= 0.3 is 0 Å². The van der Waals surface area contributed by atoms with Gasteiger partial charge in [0.15, 0.2) is 5.82 Å². The fraction of sp³-hybridized carbons (Fsp3) is 0.458. The number of rotatable bonds is 8. The van der Waals surface area contributed by atoms with Crippen LogP contribution in [0.5, 0.6) is 0 Å². The van der Waals surface area contributed by atoms with Gasteiger partial charge in [-0.2, -0.15) is 0 Å². The van der Waals surface area contributed by atoms with E-state index in [9.17, 15) is 9.18 Å². The highest BCUT2D eigenvalue weighted by molar-refractivity contribution is 7.99. The number of thioether (sulfide) groups is 1. The molecule has 6 nitrogen and oxygen atoms in total. The molecule has 2 aromatic rings. The van der Waals surface area contributed by atoms with Crippen molar-refractivity contribution >= 4 is 29.2 Å². The molecule has 0 saturated carbocycles. The van der Waals surface area contributed by atoms with Crippen LogP contribution in [0.3, 0.4) is 0 Å². The van der Waals surface area contributed by atoms with E-state index in [1.165, 1.54) is 55.2 Å². The second kappa shape index (κ2) is 11.3. The molecule has 1 N–H and O–H groups in total. The summed E-state index contributed by atoms with van der Waals surface area (Å²) in [6.07, 6.45) is 8.20. The Morgan fingerprint density at radius 2 is 1.78 bits per heavy atom. The summed E-state index contributed by atoms with van der Waals surface area (Å²) in [5.74, 6) is 1.02. The number of halogens is 1. The minimum atomic E-state index is -0.213. The molecule has 8 heteroatoms. The smallest absolute Gasteiger partial charge is 0.230 e. The molecule has 0 radical (unpaired) electrons. The number of hydrogen-bond donors (Lipinski definition) is 1. The standard InChI is InChI=1S/C24H30FN5OS/c25-20-6-8-21(9-7-20)29-14-16-30(17-15-29)22-10-11-24(28-27-22)32-18-23(31)26-13-12-19-4-2-1-3-5-19/h4,6-11H,1-3,5,12-18H2,(H,26,31). The molecule has 1 aliphatic heterocycles. The monoisotopic (exact) mass is 455 g/mol. The molecule has 4 rings (SSSR count). The zero-order chi connectivity index (χ0) is 22.2. The van der Waals surface area contributed by atoms with Gasteiger partial charge in [-0.25, -0.2) is 4.39 Å². The molecule has 2 aliphatic rings. The molecule has 1 aromatic heterocycles. The van der Waals surface area contributed by atoms with E-state index in [1.54, 1.807) is 0 Å². The Bertz CT molecular complexity index is 911. The summed E-state index contributed by atoms with van der Waals surface area (Å²) in [7, 11) is 0. The van der Waals surface area contributed by atoms with Crippen LogP contribution in [0.25, 0.3) is 0 Å². The lowest BCUT2D eigenvalue weighted by molar-refractivity contribution is -0.118. The largest absolute Gasteiger partial charge is 0.368 e.